The molecule has 0 spiro atoms. The lowest BCUT2D eigenvalue weighted by molar-refractivity contribution is 0.310. The maximum atomic E-state index is 12.4. The summed E-state index contributed by atoms with van der Waals surface area (Å²) in [6.07, 6.45) is 2.03. The van der Waals surface area contributed by atoms with Crippen molar-refractivity contribution in [1.29, 1.82) is 0 Å². The molecule has 0 aliphatic carbocycles. The molecule has 1 heterocycles. The molecule has 4 heteroatoms. The highest BCUT2D eigenvalue weighted by atomic mass is 35.5. The molecule has 0 atom stereocenters. The highest BCUT2D eigenvalue weighted by molar-refractivity contribution is 6.34. The topological polar surface area (TPSA) is 39.4 Å². The fourth-order valence-corrected chi connectivity index (χ4v) is 2.77. The molecule has 24 heavy (non-hydrogen) atoms. The van der Waals surface area contributed by atoms with E-state index < -0.39 is 0 Å². The summed E-state index contributed by atoms with van der Waals surface area (Å²) in [5.41, 5.74) is 2.14. The second kappa shape index (κ2) is 7.10. The highest BCUT2D eigenvalue weighted by Crippen LogP contribution is 2.33. The van der Waals surface area contributed by atoms with Gasteiger partial charge < -0.3 is 9.15 Å². The SMILES string of the molecule is CCCCOc1cc(C)ccc1-c1cc(=O)c2cccc(Cl)c2o1. The zero-order valence-corrected chi connectivity index (χ0v) is 14.5. The summed E-state index contributed by atoms with van der Waals surface area (Å²) >= 11 is 6.19. The van der Waals surface area contributed by atoms with Crippen LogP contribution in [-0.2, 0) is 0 Å². The van der Waals surface area contributed by atoms with Crippen LogP contribution in [0.1, 0.15) is 25.3 Å². The van der Waals surface area contributed by atoms with Crippen LogP contribution in [0, 0.1) is 6.92 Å². The molecule has 0 radical (unpaired) electrons. The van der Waals surface area contributed by atoms with Crippen LogP contribution < -0.4 is 10.2 Å². The van der Waals surface area contributed by atoms with Gasteiger partial charge in [0, 0.05) is 6.07 Å². The molecule has 3 nitrogen and oxygen atoms in total. The molecule has 0 N–H and O–H groups in total. The summed E-state index contributed by atoms with van der Waals surface area (Å²) in [5, 5.41) is 0.902. The quantitative estimate of drug-likeness (QED) is 0.566. The summed E-state index contributed by atoms with van der Waals surface area (Å²) in [7, 11) is 0. The lowest BCUT2D eigenvalue weighted by atomic mass is 10.1. The van der Waals surface area contributed by atoms with Crippen LogP contribution in [0.3, 0.4) is 0 Å². The predicted molar refractivity (Wildman–Crippen MR) is 98.1 cm³/mol. The van der Waals surface area contributed by atoms with Crippen LogP contribution in [-0.4, -0.2) is 6.61 Å². The Hall–Kier alpha value is -2.26. The maximum Gasteiger partial charge on any atom is 0.193 e. The number of ether oxygens (including phenoxy) is 1. The summed E-state index contributed by atoms with van der Waals surface area (Å²) in [6, 6.07) is 12.5. The minimum Gasteiger partial charge on any atom is -0.493 e. The minimum absolute atomic E-state index is 0.117. The van der Waals surface area contributed by atoms with Crippen molar-refractivity contribution in [3.63, 3.8) is 0 Å². The second-order valence-corrected chi connectivity index (χ2v) is 6.20. The van der Waals surface area contributed by atoms with E-state index >= 15 is 0 Å². The predicted octanol–water partition coefficient (Wildman–Crippen LogP) is 5.60. The monoisotopic (exact) mass is 342 g/mol. The summed E-state index contributed by atoms with van der Waals surface area (Å²) in [6.45, 7) is 4.75. The third kappa shape index (κ3) is 3.31. The van der Waals surface area contributed by atoms with Crippen LogP contribution in [0.2, 0.25) is 5.02 Å². The first-order valence-electron chi connectivity index (χ1n) is 8.06. The van der Waals surface area contributed by atoms with E-state index in [1.54, 1.807) is 18.2 Å². The van der Waals surface area contributed by atoms with E-state index in [1.807, 2.05) is 25.1 Å². The molecule has 124 valence electrons. The molecule has 3 rings (SSSR count). The Balaban J connectivity index is 2.13. The van der Waals surface area contributed by atoms with Gasteiger partial charge in [0.15, 0.2) is 11.0 Å². The van der Waals surface area contributed by atoms with Gasteiger partial charge in [0.1, 0.15) is 11.5 Å². The first kappa shape index (κ1) is 16.6. The lowest BCUT2D eigenvalue weighted by Gasteiger charge is -2.12. The number of aryl methyl sites for hydroxylation is 1. The summed E-state index contributed by atoms with van der Waals surface area (Å²) in [4.78, 5) is 12.4. The molecule has 3 aromatic rings. The Bertz CT molecular complexity index is 928. The van der Waals surface area contributed by atoms with E-state index in [2.05, 4.69) is 6.92 Å². The van der Waals surface area contributed by atoms with Gasteiger partial charge in [-0.25, -0.2) is 0 Å². The molecular weight excluding hydrogens is 324 g/mol. The number of para-hydroxylation sites is 1. The molecule has 0 saturated heterocycles. The van der Waals surface area contributed by atoms with Gasteiger partial charge in [0.05, 0.1) is 22.6 Å². The van der Waals surface area contributed by atoms with E-state index in [0.717, 1.165) is 29.7 Å². The van der Waals surface area contributed by atoms with E-state index in [1.165, 1.54) is 6.07 Å². The molecule has 0 saturated carbocycles. The first-order chi connectivity index (χ1) is 11.6. The van der Waals surface area contributed by atoms with E-state index in [9.17, 15) is 4.79 Å². The van der Waals surface area contributed by atoms with Gasteiger partial charge in [-0.2, -0.15) is 0 Å². The van der Waals surface area contributed by atoms with Crippen LogP contribution >= 0.6 is 11.6 Å². The van der Waals surface area contributed by atoms with Crippen molar-refractivity contribution in [3.8, 4) is 17.1 Å². The minimum atomic E-state index is -0.117. The second-order valence-electron chi connectivity index (χ2n) is 5.79. The van der Waals surface area contributed by atoms with Crippen LogP contribution in [0.5, 0.6) is 5.75 Å². The summed E-state index contributed by atoms with van der Waals surface area (Å²) in [5.74, 6) is 1.19. The number of halogens is 1. The van der Waals surface area contributed by atoms with Crippen LogP contribution in [0.4, 0.5) is 0 Å². The van der Waals surface area contributed by atoms with Crippen molar-refractivity contribution in [2.75, 3.05) is 6.61 Å². The Kier molecular flexibility index (Phi) is 4.91. The van der Waals surface area contributed by atoms with Gasteiger partial charge in [0.2, 0.25) is 0 Å². The Morgan fingerprint density at radius 2 is 2.00 bits per heavy atom. The van der Waals surface area contributed by atoms with Gasteiger partial charge in [-0.05, 0) is 43.2 Å². The average molecular weight is 343 g/mol. The van der Waals surface area contributed by atoms with Gasteiger partial charge in [-0.15, -0.1) is 0 Å². The van der Waals surface area contributed by atoms with Gasteiger partial charge >= 0.3 is 0 Å². The lowest BCUT2D eigenvalue weighted by Crippen LogP contribution is -2.02. The molecule has 1 aromatic heterocycles. The smallest absolute Gasteiger partial charge is 0.193 e. The molecule has 0 aliphatic rings. The number of hydrogen-bond acceptors (Lipinski definition) is 3. The average Bonchev–Trinajstić information content (AvgIpc) is 2.56. The molecular formula is C20H19ClO3. The molecule has 0 unspecified atom stereocenters. The number of hydrogen-bond donors (Lipinski definition) is 0. The summed E-state index contributed by atoms with van der Waals surface area (Å²) < 4.78 is 11.8. The fraction of sp³-hybridized carbons (Fsp3) is 0.250. The van der Waals surface area contributed by atoms with Crippen molar-refractivity contribution >= 4 is 22.6 Å². The molecule has 0 aliphatic heterocycles. The number of unbranched alkanes of at least 4 members (excludes halogenated alkanes) is 1. The van der Waals surface area contributed by atoms with Crippen LogP contribution in [0.15, 0.2) is 51.7 Å². The van der Waals surface area contributed by atoms with Gasteiger partial charge in [-0.1, -0.05) is 37.1 Å². The van der Waals surface area contributed by atoms with Crippen LogP contribution in [0.25, 0.3) is 22.3 Å². The van der Waals surface area contributed by atoms with E-state index in [-0.39, 0.29) is 5.43 Å². The Morgan fingerprint density at radius 3 is 2.79 bits per heavy atom. The standard InChI is InChI=1S/C20H19ClO3/c1-3-4-10-23-18-11-13(2)8-9-15(18)19-12-17(22)14-6-5-7-16(21)20(14)24-19/h5-9,11-12H,3-4,10H2,1-2H3. The molecule has 0 amide bonds. The Morgan fingerprint density at radius 1 is 1.17 bits per heavy atom. The zero-order chi connectivity index (χ0) is 17.1. The van der Waals surface area contributed by atoms with Gasteiger partial charge in [-0.3, -0.25) is 4.79 Å². The first-order valence-corrected chi connectivity index (χ1v) is 8.44. The van der Waals surface area contributed by atoms with Crippen molar-refractivity contribution in [2.24, 2.45) is 0 Å². The van der Waals surface area contributed by atoms with Crippen molar-refractivity contribution < 1.29 is 9.15 Å². The van der Waals surface area contributed by atoms with E-state index in [4.69, 9.17) is 20.8 Å². The fourth-order valence-electron chi connectivity index (χ4n) is 2.55. The van der Waals surface area contributed by atoms with Crippen molar-refractivity contribution in [1.82, 2.24) is 0 Å². The Labute approximate surface area is 145 Å². The number of benzene rings is 2. The van der Waals surface area contributed by atoms with Gasteiger partial charge in [0.25, 0.3) is 0 Å². The number of fused-ring (bicyclic) bond motifs is 1. The maximum absolute atomic E-state index is 12.4. The highest BCUT2D eigenvalue weighted by Gasteiger charge is 2.13. The van der Waals surface area contributed by atoms with Crippen molar-refractivity contribution in [3.05, 3.63) is 63.3 Å². The molecule has 2 aromatic carbocycles. The molecule has 0 fully saturated rings. The third-order valence-electron chi connectivity index (χ3n) is 3.86. The molecule has 0 bridgehead atoms. The normalized spacial score (nSPS) is 11.0. The van der Waals surface area contributed by atoms with E-state index in [0.29, 0.717) is 28.4 Å². The number of rotatable bonds is 5. The third-order valence-corrected chi connectivity index (χ3v) is 4.16. The van der Waals surface area contributed by atoms with Crippen molar-refractivity contribution in [2.45, 2.75) is 26.7 Å². The largest absolute Gasteiger partial charge is 0.493 e. The zero-order valence-electron chi connectivity index (χ0n) is 13.8.